The summed E-state index contributed by atoms with van der Waals surface area (Å²) < 4.78 is 1.17. The van der Waals surface area contributed by atoms with Crippen LogP contribution in [-0.4, -0.2) is 5.84 Å². The third kappa shape index (κ3) is 1.92. The maximum Gasteiger partial charge on any atom is 0.133 e. The molecule has 0 saturated heterocycles. The van der Waals surface area contributed by atoms with Crippen molar-refractivity contribution in [1.29, 1.82) is 5.41 Å². The highest BCUT2D eigenvalue weighted by Gasteiger charge is 2.03. The van der Waals surface area contributed by atoms with Crippen LogP contribution in [0.3, 0.4) is 0 Å². The maximum atomic E-state index is 7.38. The zero-order valence-corrected chi connectivity index (χ0v) is 9.27. The van der Waals surface area contributed by atoms with Gasteiger partial charge in [0.05, 0.1) is 4.88 Å². The number of nitrogens with two attached hydrogens (primary N) is 1. The molecule has 0 fully saturated rings. The number of hydrogen-bond acceptors (Lipinski definition) is 2. The van der Waals surface area contributed by atoms with Gasteiger partial charge in [-0.15, -0.1) is 11.3 Å². The van der Waals surface area contributed by atoms with Gasteiger partial charge in [-0.05, 0) is 36.1 Å². The average molecular weight is 216 g/mol. The molecule has 3 N–H and O–H groups in total. The Hall–Kier alpha value is -1.61. The molecule has 0 radical (unpaired) electrons. The minimum Gasteiger partial charge on any atom is -0.383 e. The molecular weight excluding hydrogens is 204 g/mol. The second kappa shape index (κ2) is 3.87. The Labute approximate surface area is 92.5 Å². The van der Waals surface area contributed by atoms with E-state index in [-0.39, 0.29) is 5.84 Å². The van der Waals surface area contributed by atoms with Crippen molar-refractivity contribution in [2.45, 2.75) is 6.92 Å². The van der Waals surface area contributed by atoms with Gasteiger partial charge in [0.15, 0.2) is 0 Å². The van der Waals surface area contributed by atoms with Crippen molar-refractivity contribution < 1.29 is 0 Å². The first kappa shape index (κ1) is 9.93. The molecule has 3 heteroatoms. The van der Waals surface area contributed by atoms with Crippen molar-refractivity contribution in [3.05, 3.63) is 40.8 Å². The second-order valence-electron chi connectivity index (χ2n) is 3.32. The predicted octanol–water partition coefficient (Wildman–Crippen LogP) is 3.22. The molecule has 0 amide bonds. The Morgan fingerprint density at radius 3 is 2.87 bits per heavy atom. The normalized spacial score (nSPS) is 11.3. The molecule has 0 aliphatic heterocycles. The van der Waals surface area contributed by atoms with Crippen molar-refractivity contribution in [2.24, 2.45) is 5.73 Å². The second-order valence-corrected chi connectivity index (χ2v) is 4.41. The van der Waals surface area contributed by atoms with E-state index < -0.39 is 0 Å². The fraction of sp³-hybridized carbons (Fsp3) is 0.0833. The summed E-state index contributed by atoms with van der Waals surface area (Å²) in [6.07, 6.45) is 4.07. The van der Waals surface area contributed by atoms with Crippen LogP contribution in [0.25, 0.3) is 16.2 Å². The fourth-order valence-electron chi connectivity index (χ4n) is 1.49. The topological polar surface area (TPSA) is 49.9 Å². The van der Waals surface area contributed by atoms with Gasteiger partial charge in [0.25, 0.3) is 0 Å². The lowest BCUT2D eigenvalue weighted by molar-refractivity contribution is 1.46. The van der Waals surface area contributed by atoms with Crippen molar-refractivity contribution in [2.75, 3.05) is 0 Å². The summed E-state index contributed by atoms with van der Waals surface area (Å²) in [6, 6.07) is 8.22. The zero-order valence-electron chi connectivity index (χ0n) is 8.45. The van der Waals surface area contributed by atoms with Crippen LogP contribution >= 0.6 is 11.3 Å². The number of thiophene rings is 1. The number of fused-ring (bicyclic) bond motifs is 1. The molecule has 0 unspecified atom stereocenters. The lowest BCUT2D eigenvalue weighted by atomic mass is 10.1. The Kier molecular flexibility index (Phi) is 2.56. The van der Waals surface area contributed by atoms with E-state index in [9.17, 15) is 0 Å². The van der Waals surface area contributed by atoms with Crippen molar-refractivity contribution >= 4 is 33.3 Å². The van der Waals surface area contributed by atoms with Gasteiger partial charge in [-0.3, -0.25) is 5.41 Å². The molecular formula is C12H12N2S. The minimum atomic E-state index is 0.142. The van der Waals surface area contributed by atoms with Crippen LogP contribution in [0.1, 0.15) is 17.4 Å². The molecule has 1 aromatic heterocycles. The maximum absolute atomic E-state index is 7.38. The van der Waals surface area contributed by atoms with E-state index >= 15 is 0 Å². The summed E-state index contributed by atoms with van der Waals surface area (Å²) in [5.41, 5.74) is 6.63. The molecule has 0 aliphatic rings. The molecule has 15 heavy (non-hydrogen) atoms. The third-order valence-electron chi connectivity index (χ3n) is 2.16. The highest BCUT2D eigenvalue weighted by atomic mass is 32.1. The Morgan fingerprint density at radius 2 is 2.20 bits per heavy atom. The molecule has 76 valence electrons. The van der Waals surface area contributed by atoms with Crippen LogP contribution in [0.5, 0.6) is 0 Å². The van der Waals surface area contributed by atoms with E-state index in [1.165, 1.54) is 10.3 Å². The molecule has 0 spiro atoms. The molecule has 2 rings (SSSR count). The zero-order chi connectivity index (χ0) is 10.8. The third-order valence-corrected chi connectivity index (χ3v) is 3.31. The molecule has 1 aromatic carbocycles. The Balaban J connectivity index is 2.56. The van der Waals surface area contributed by atoms with Gasteiger partial charge >= 0.3 is 0 Å². The highest BCUT2D eigenvalue weighted by Crippen LogP contribution is 2.26. The first-order valence-electron chi connectivity index (χ1n) is 4.71. The van der Waals surface area contributed by atoms with E-state index in [2.05, 4.69) is 24.3 Å². The first-order valence-corrected chi connectivity index (χ1v) is 5.53. The van der Waals surface area contributed by atoms with Crippen molar-refractivity contribution in [3.8, 4) is 0 Å². The summed E-state index contributed by atoms with van der Waals surface area (Å²) >= 11 is 1.56. The molecule has 0 saturated carbocycles. The lowest BCUT2D eigenvalue weighted by Gasteiger charge is -1.92. The number of benzene rings is 1. The predicted molar refractivity (Wildman–Crippen MR) is 67.5 cm³/mol. The summed E-state index contributed by atoms with van der Waals surface area (Å²) in [4.78, 5) is 0.836. The molecule has 1 heterocycles. The number of nitrogen functional groups attached to an aromatic ring is 1. The van der Waals surface area contributed by atoms with E-state index in [0.29, 0.717) is 0 Å². The summed E-state index contributed by atoms with van der Waals surface area (Å²) in [7, 11) is 0. The highest BCUT2D eigenvalue weighted by molar-refractivity contribution is 7.20. The monoisotopic (exact) mass is 216 g/mol. The van der Waals surface area contributed by atoms with Crippen LogP contribution in [0.2, 0.25) is 0 Å². The Morgan fingerprint density at radius 1 is 1.40 bits per heavy atom. The van der Waals surface area contributed by atoms with Gasteiger partial charge in [-0.25, -0.2) is 0 Å². The summed E-state index contributed by atoms with van der Waals surface area (Å²) in [5.74, 6) is 0.142. The number of rotatable bonds is 2. The van der Waals surface area contributed by atoms with E-state index in [4.69, 9.17) is 11.1 Å². The van der Waals surface area contributed by atoms with Gasteiger partial charge in [0.1, 0.15) is 5.84 Å². The molecule has 0 bridgehead atoms. The van der Waals surface area contributed by atoms with Gasteiger partial charge < -0.3 is 5.73 Å². The van der Waals surface area contributed by atoms with Crippen LogP contribution < -0.4 is 5.73 Å². The smallest absolute Gasteiger partial charge is 0.133 e. The SMILES string of the molecule is CC=Cc1ccc2sc(C(=N)N)cc2c1. The average Bonchev–Trinajstić information content (AvgIpc) is 2.61. The lowest BCUT2D eigenvalue weighted by Crippen LogP contribution is -2.08. The first-order chi connectivity index (χ1) is 7.20. The fourth-order valence-corrected chi connectivity index (χ4v) is 2.40. The standard InChI is InChI=1S/C12H12N2S/c1-2-3-8-4-5-10-9(6-8)7-11(15-10)12(13)14/h2-7H,1H3,(H3,13,14). The largest absolute Gasteiger partial charge is 0.383 e. The number of allylic oxidation sites excluding steroid dienone is 1. The number of nitrogens with one attached hydrogen (secondary N) is 1. The minimum absolute atomic E-state index is 0.142. The van der Waals surface area contributed by atoms with Gasteiger partial charge in [0, 0.05) is 4.70 Å². The summed E-state index contributed by atoms with van der Waals surface area (Å²) in [6.45, 7) is 2.00. The van der Waals surface area contributed by atoms with E-state index in [1.54, 1.807) is 11.3 Å². The van der Waals surface area contributed by atoms with Crippen molar-refractivity contribution in [3.63, 3.8) is 0 Å². The van der Waals surface area contributed by atoms with Crippen LogP contribution in [0, 0.1) is 5.41 Å². The van der Waals surface area contributed by atoms with E-state index in [1.807, 2.05) is 19.1 Å². The van der Waals surface area contributed by atoms with Gasteiger partial charge in [-0.1, -0.05) is 18.2 Å². The quantitative estimate of drug-likeness (QED) is 0.587. The van der Waals surface area contributed by atoms with Gasteiger partial charge in [0.2, 0.25) is 0 Å². The molecule has 0 atom stereocenters. The molecule has 2 aromatic rings. The van der Waals surface area contributed by atoms with Crippen LogP contribution in [0.15, 0.2) is 30.3 Å². The molecule has 2 nitrogen and oxygen atoms in total. The Bertz CT molecular complexity index is 538. The van der Waals surface area contributed by atoms with E-state index in [0.717, 1.165) is 10.3 Å². The van der Waals surface area contributed by atoms with Gasteiger partial charge in [-0.2, -0.15) is 0 Å². The molecule has 0 aliphatic carbocycles. The van der Waals surface area contributed by atoms with Crippen molar-refractivity contribution in [1.82, 2.24) is 0 Å². The number of amidine groups is 1. The number of hydrogen-bond donors (Lipinski definition) is 2. The van der Waals surface area contributed by atoms with Crippen LogP contribution in [-0.2, 0) is 0 Å². The van der Waals surface area contributed by atoms with Crippen LogP contribution in [0.4, 0.5) is 0 Å². The summed E-state index contributed by atoms with van der Waals surface area (Å²) in [5, 5.41) is 8.53.